The number of ketones is 1. The highest BCUT2D eigenvalue weighted by Crippen LogP contribution is 2.66. The minimum Gasteiger partial charge on any atom is -0.318 e. The van der Waals surface area contributed by atoms with Gasteiger partial charge in [0, 0.05) is 31.5 Å². The van der Waals surface area contributed by atoms with Crippen molar-refractivity contribution in [3.05, 3.63) is 11.6 Å². The molecule has 6 nitrogen and oxygen atoms in total. The van der Waals surface area contributed by atoms with Gasteiger partial charge in [-0.15, -0.1) is 0 Å². The van der Waals surface area contributed by atoms with E-state index in [1.54, 1.807) is 0 Å². The highest BCUT2D eigenvalue weighted by molar-refractivity contribution is 5.91. The van der Waals surface area contributed by atoms with Crippen LogP contribution in [0.25, 0.3) is 0 Å². The fourth-order valence-corrected chi connectivity index (χ4v) is 7.98. The fourth-order valence-electron chi connectivity index (χ4n) is 7.98. The van der Waals surface area contributed by atoms with Crippen LogP contribution in [0.2, 0.25) is 0 Å². The molecule has 0 unspecified atom stereocenters. The summed E-state index contributed by atoms with van der Waals surface area (Å²) in [6.45, 7) is 12.3. The van der Waals surface area contributed by atoms with Crippen LogP contribution in [0.1, 0.15) is 86.0 Å². The Balaban J connectivity index is 1.39. The summed E-state index contributed by atoms with van der Waals surface area (Å²) in [6.07, 6.45) is 10.3. The fraction of sp³-hybridized carbons (Fsp3) is 0.815. The standard InChI is InChI=1S/C27H43N3O3/c1-17(2)28-14-15-29-25(32)33-30-18(3)22-8-9-23-21-7-6-19-16-20(31)10-12-26(19,4)24(21)11-13-27(22,23)5/h16-17,21-24,28H,6-15H2,1-5H3,(H,29,32)/b30-18+/t21-,22+,23-,24-,26-,27+/m0/s1. The topological polar surface area (TPSA) is 79.8 Å². The van der Waals surface area contributed by atoms with E-state index in [-0.39, 0.29) is 10.8 Å². The number of allylic oxidation sites excluding steroid dienone is 1. The lowest BCUT2D eigenvalue weighted by Crippen LogP contribution is -2.51. The van der Waals surface area contributed by atoms with Crippen molar-refractivity contribution in [1.29, 1.82) is 0 Å². The third-order valence-corrected chi connectivity index (χ3v) is 9.69. The molecule has 4 rings (SSSR count). The molecule has 2 N–H and O–H groups in total. The third-order valence-electron chi connectivity index (χ3n) is 9.69. The molecule has 0 aromatic rings. The molecule has 0 saturated heterocycles. The molecule has 6 heteroatoms. The second-order valence-corrected chi connectivity index (χ2v) is 11.8. The smallest absolute Gasteiger partial charge is 0.318 e. The normalized spacial score (nSPS) is 38.3. The van der Waals surface area contributed by atoms with E-state index in [2.05, 4.69) is 43.5 Å². The predicted octanol–water partition coefficient (Wildman–Crippen LogP) is 5.23. The Morgan fingerprint density at radius 3 is 2.67 bits per heavy atom. The van der Waals surface area contributed by atoms with Crippen molar-refractivity contribution in [3.63, 3.8) is 0 Å². The molecule has 0 aliphatic heterocycles. The Labute approximate surface area is 199 Å². The lowest BCUT2D eigenvalue weighted by molar-refractivity contribution is -0.117. The molecule has 3 saturated carbocycles. The molecule has 6 atom stereocenters. The van der Waals surface area contributed by atoms with Crippen LogP contribution in [-0.4, -0.2) is 36.7 Å². The summed E-state index contributed by atoms with van der Waals surface area (Å²) < 4.78 is 0. The van der Waals surface area contributed by atoms with E-state index in [0.29, 0.717) is 49.1 Å². The minimum absolute atomic E-state index is 0.213. The number of nitrogens with one attached hydrogen (secondary N) is 2. The largest absolute Gasteiger partial charge is 0.433 e. The van der Waals surface area contributed by atoms with Gasteiger partial charge in [-0.1, -0.05) is 38.4 Å². The molecule has 33 heavy (non-hydrogen) atoms. The first kappa shape index (κ1) is 24.4. The number of fused-ring (bicyclic) bond motifs is 5. The molecule has 0 radical (unpaired) electrons. The summed E-state index contributed by atoms with van der Waals surface area (Å²) in [5.74, 6) is 2.82. The number of hydrogen-bond donors (Lipinski definition) is 2. The van der Waals surface area contributed by atoms with Gasteiger partial charge in [-0.2, -0.15) is 0 Å². The first-order valence-corrected chi connectivity index (χ1v) is 13.1. The Bertz CT molecular complexity index is 834. The minimum atomic E-state index is -0.477. The van der Waals surface area contributed by atoms with Gasteiger partial charge in [-0.3, -0.25) is 9.63 Å². The van der Waals surface area contributed by atoms with E-state index in [1.165, 1.54) is 31.3 Å². The summed E-state index contributed by atoms with van der Waals surface area (Å²) >= 11 is 0. The Morgan fingerprint density at radius 2 is 1.91 bits per heavy atom. The number of carbonyl (C=O) groups is 2. The lowest BCUT2D eigenvalue weighted by atomic mass is 9.46. The van der Waals surface area contributed by atoms with Crippen LogP contribution in [-0.2, 0) is 9.63 Å². The van der Waals surface area contributed by atoms with E-state index < -0.39 is 6.09 Å². The van der Waals surface area contributed by atoms with E-state index in [1.807, 2.05) is 13.0 Å². The van der Waals surface area contributed by atoms with Gasteiger partial charge < -0.3 is 10.6 Å². The molecule has 4 aliphatic carbocycles. The first-order valence-electron chi connectivity index (χ1n) is 13.1. The Morgan fingerprint density at radius 1 is 1.12 bits per heavy atom. The quantitative estimate of drug-likeness (QED) is 0.248. The maximum Gasteiger partial charge on any atom is 0.433 e. The van der Waals surface area contributed by atoms with Crippen molar-refractivity contribution in [2.75, 3.05) is 13.1 Å². The molecule has 0 aromatic carbocycles. The van der Waals surface area contributed by atoms with Gasteiger partial charge in [0.25, 0.3) is 0 Å². The van der Waals surface area contributed by atoms with Crippen LogP contribution in [0.3, 0.4) is 0 Å². The zero-order valence-electron chi connectivity index (χ0n) is 21.2. The number of hydrogen-bond acceptors (Lipinski definition) is 5. The van der Waals surface area contributed by atoms with Crippen LogP contribution in [0.5, 0.6) is 0 Å². The summed E-state index contributed by atoms with van der Waals surface area (Å²) in [7, 11) is 0. The molecule has 4 aliphatic rings. The molecule has 0 spiro atoms. The van der Waals surface area contributed by atoms with Gasteiger partial charge in [-0.25, -0.2) is 4.79 Å². The molecule has 184 valence electrons. The number of oxime groups is 1. The lowest BCUT2D eigenvalue weighted by Gasteiger charge is -2.58. The van der Waals surface area contributed by atoms with Crippen molar-refractivity contribution < 1.29 is 14.4 Å². The highest BCUT2D eigenvalue weighted by Gasteiger charge is 2.59. The Kier molecular flexibility index (Phi) is 7.05. The van der Waals surface area contributed by atoms with E-state index >= 15 is 0 Å². The molecule has 1 amide bonds. The third kappa shape index (κ3) is 4.65. The van der Waals surface area contributed by atoms with Crippen molar-refractivity contribution in [2.24, 2.45) is 39.7 Å². The number of amides is 1. The highest BCUT2D eigenvalue weighted by atomic mass is 16.7. The number of nitrogens with zero attached hydrogens (tertiary/aromatic N) is 1. The molecule has 0 aromatic heterocycles. The van der Waals surface area contributed by atoms with Crippen molar-refractivity contribution in [3.8, 4) is 0 Å². The van der Waals surface area contributed by atoms with E-state index in [0.717, 1.165) is 30.9 Å². The predicted molar refractivity (Wildman–Crippen MR) is 131 cm³/mol. The molecular weight excluding hydrogens is 414 g/mol. The first-order chi connectivity index (χ1) is 15.6. The van der Waals surface area contributed by atoms with Crippen LogP contribution in [0, 0.1) is 34.5 Å². The van der Waals surface area contributed by atoms with Crippen LogP contribution in [0.4, 0.5) is 4.79 Å². The monoisotopic (exact) mass is 457 g/mol. The average Bonchev–Trinajstić information content (AvgIpc) is 3.12. The molecule has 3 fully saturated rings. The van der Waals surface area contributed by atoms with Crippen molar-refractivity contribution >= 4 is 17.6 Å². The van der Waals surface area contributed by atoms with Gasteiger partial charge in [0.2, 0.25) is 0 Å². The van der Waals surface area contributed by atoms with E-state index in [9.17, 15) is 9.59 Å². The molecule has 0 bridgehead atoms. The maximum absolute atomic E-state index is 12.1. The molecular formula is C27H43N3O3. The second-order valence-electron chi connectivity index (χ2n) is 11.8. The summed E-state index contributed by atoms with van der Waals surface area (Å²) in [4.78, 5) is 29.3. The van der Waals surface area contributed by atoms with Gasteiger partial charge in [0.15, 0.2) is 5.78 Å². The Hall–Kier alpha value is -1.69. The second kappa shape index (κ2) is 9.52. The van der Waals surface area contributed by atoms with Crippen LogP contribution >= 0.6 is 0 Å². The van der Waals surface area contributed by atoms with Gasteiger partial charge in [0.1, 0.15) is 0 Å². The van der Waals surface area contributed by atoms with Gasteiger partial charge in [-0.05, 0) is 86.5 Å². The summed E-state index contributed by atoms with van der Waals surface area (Å²) in [5.41, 5.74) is 2.82. The zero-order chi connectivity index (χ0) is 23.8. The van der Waals surface area contributed by atoms with Crippen molar-refractivity contribution in [2.45, 2.75) is 92.0 Å². The maximum atomic E-state index is 12.1. The van der Waals surface area contributed by atoms with Crippen LogP contribution < -0.4 is 10.6 Å². The van der Waals surface area contributed by atoms with Crippen molar-refractivity contribution in [1.82, 2.24) is 10.6 Å². The summed E-state index contributed by atoms with van der Waals surface area (Å²) in [6, 6.07) is 0.393. The number of rotatable bonds is 6. The van der Waals surface area contributed by atoms with Crippen LogP contribution in [0.15, 0.2) is 16.8 Å². The molecule has 0 heterocycles. The average molecular weight is 458 g/mol. The SMILES string of the molecule is C/C(=N\OC(=O)NCCNC(C)C)[C@H]1CC[C@H]2[C@@H]3CCC4=CC(=O)CC[C@]4(C)[C@H]3CC[C@]12C. The van der Waals surface area contributed by atoms with E-state index in [4.69, 9.17) is 4.84 Å². The van der Waals surface area contributed by atoms with Gasteiger partial charge in [0.05, 0.1) is 5.71 Å². The number of carbonyl (C=O) groups excluding carboxylic acids is 2. The summed E-state index contributed by atoms with van der Waals surface area (Å²) in [5, 5.41) is 10.3. The van der Waals surface area contributed by atoms with Gasteiger partial charge >= 0.3 is 6.09 Å². The zero-order valence-corrected chi connectivity index (χ0v) is 21.2.